The van der Waals surface area contributed by atoms with Crippen LogP contribution >= 0.6 is 0 Å². The first kappa shape index (κ1) is 12.9. The number of oxime groups is 1. The van der Waals surface area contributed by atoms with Gasteiger partial charge in [-0.2, -0.15) is 0 Å². The minimum absolute atomic E-state index is 0.0583. The zero-order valence-electron chi connectivity index (χ0n) is 10.7. The van der Waals surface area contributed by atoms with Crippen molar-refractivity contribution < 1.29 is 5.21 Å². The Labute approximate surface area is 112 Å². The molecule has 0 aliphatic rings. The average Bonchev–Trinajstić information content (AvgIpc) is 2.47. The molecule has 0 saturated heterocycles. The average molecular weight is 256 g/mol. The van der Waals surface area contributed by atoms with Crippen LogP contribution < -0.4 is 10.6 Å². The molecule has 0 fully saturated rings. The standard InChI is InChI=1S/C14H16N4O/c1-18(10-11-6-3-2-4-7-11)14-12(13(15)17-19)8-5-9-16-14/h2-9,19H,10H2,1H3,(H2,15,17). The third-order valence-corrected chi connectivity index (χ3v) is 2.79. The fraction of sp³-hybridized carbons (Fsp3) is 0.143. The van der Waals surface area contributed by atoms with E-state index in [-0.39, 0.29) is 5.84 Å². The molecule has 19 heavy (non-hydrogen) atoms. The number of benzene rings is 1. The molecule has 98 valence electrons. The second kappa shape index (κ2) is 5.86. The molecule has 2 aromatic rings. The van der Waals surface area contributed by atoms with Gasteiger partial charge in [-0.15, -0.1) is 0 Å². The van der Waals surface area contributed by atoms with Crippen LogP contribution in [0.5, 0.6) is 0 Å². The molecule has 0 aliphatic carbocycles. The van der Waals surface area contributed by atoms with E-state index >= 15 is 0 Å². The first-order valence-electron chi connectivity index (χ1n) is 5.90. The summed E-state index contributed by atoms with van der Waals surface area (Å²) < 4.78 is 0. The number of amidine groups is 1. The Morgan fingerprint density at radius 3 is 2.68 bits per heavy atom. The third-order valence-electron chi connectivity index (χ3n) is 2.79. The van der Waals surface area contributed by atoms with Gasteiger partial charge in [0.2, 0.25) is 0 Å². The number of hydrogen-bond donors (Lipinski definition) is 2. The van der Waals surface area contributed by atoms with Crippen molar-refractivity contribution in [2.45, 2.75) is 6.54 Å². The zero-order valence-corrected chi connectivity index (χ0v) is 10.7. The quantitative estimate of drug-likeness (QED) is 0.378. The Morgan fingerprint density at radius 1 is 1.26 bits per heavy atom. The molecule has 0 spiro atoms. The van der Waals surface area contributed by atoms with Crippen molar-refractivity contribution in [3.63, 3.8) is 0 Å². The van der Waals surface area contributed by atoms with Gasteiger partial charge in [-0.1, -0.05) is 35.5 Å². The fourth-order valence-electron chi connectivity index (χ4n) is 1.89. The largest absolute Gasteiger partial charge is 0.409 e. The molecule has 1 aromatic carbocycles. The molecule has 0 saturated carbocycles. The summed E-state index contributed by atoms with van der Waals surface area (Å²) in [5.74, 6) is 0.740. The molecule has 0 atom stereocenters. The van der Waals surface area contributed by atoms with E-state index < -0.39 is 0 Å². The molecular weight excluding hydrogens is 240 g/mol. The lowest BCUT2D eigenvalue weighted by Crippen LogP contribution is -2.23. The molecule has 3 N–H and O–H groups in total. The summed E-state index contributed by atoms with van der Waals surface area (Å²) in [6, 6.07) is 13.6. The van der Waals surface area contributed by atoms with Gasteiger partial charge in [0.15, 0.2) is 5.84 Å². The molecule has 5 heteroatoms. The van der Waals surface area contributed by atoms with E-state index in [9.17, 15) is 0 Å². The molecule has 0 amide bonds. The highest BCUT2D eigenvalue weighted by molar-refractivity contribution is 6.01. The van der Waals surface area contributed by atoms with Gasteiger partial charge in [0.05, 0.1) is 5.56 Å². The number of rotatable bonds is 4. The molecular formula is C14H16N4O. The summed E-state index contributed by atoms with van der Waals surface area (Å²) >= 11 is 0. The summed E-state index contributed by atoms with van der Waals surface area (Å²) in [4.78, 5) is 6.26. The van der Waals surface area contributed by atoms with E-state index in [1.165, 1.54) is 5.56 Å². The van der Waals surface area contributed by atoms with Crippen LogP contribution in [0.15, 0.2) is 53.8 Å². The minimum Gasteiger partial charge on any atom is -0.409 e. The smallest absolute Gasteiger partial charge is 0.173 e. The van der Waals surface area contributed by atoms with Crippen molar-refractivity contribution in [1.29, 1.82) is 0 Å². The number of pyridine rings is 1. The van der Waals surface area contributed by atoms with E-state index in [2.05, 4.69) is 10.1 Å². The van der Waals surface area contributed by atoms with Crippen LogP contribution in [-0.4, -0.2) is 23.1 Å². The maximum absolute atomic E-state index is 8.80. The Hall–Kier alpha value is -2.56. The second-order valence-electron chi connectivity index (χ2n) is 4.20. The predicted octanol–water partition coefficient (Wildman–Crippen LogP) is 1.81. The Kier molecular flexibility index (Phi) is 3.97. The highest BCUT2D eigenvalue weighted by Gasteiger charge is 2.12. The minimum atomic E-state index is 0.0583. The van der Waals surface area contributed by atoms with E-state index in [0.717, 1.165) is 0 Å². The van der Waals surface area contributed by atoms with E-state index in [1.807, 2.05) is 42.3 Å². The van der Waals surface area contributed by atoms with Crippen LogP contribution in [0.2, 0.25) is 0 Å². The van der Waals surface area contributed by atoms with Crippen molar-refractivity contribution >= 4 is 11.7 Å². The fourth-order valence-corrected chi connectivity index (χ4v) is 1.89. The monoisotopic (exact) mass is 256 g/mol. The molecule has 0 unspecified atom stereocenters. The lowest BCUT2D eigenvalue weighted by molar-refractivity contribution is 0.318. The maximum Gasteiger partial charge on any atom is 0.173 e. The van der Waals surface area contributed by atoms with Gasteiger partial charge in [0, 0.05) is 19.8 Å². The van der Waals surface area contributed by atoms with Gasteiger partial charge in [-0.3, -0.25) is 0 Å². The van der Waals surface area contributed by atoms with Gasteiger partial charge in [0.1, 0.15) is 5.82 Å². The van der Waals surface area contributed by atoms with E-state index in [1.54, 1.807) is 18.3 Å². The maximum atomic E-state index is 8.80. The van der Waals surface area contributed by atoms with Gasteiger partial charge >= 0.3 is 0 Å². The first-order valence-corrected chi connectivity index (χ1v) is 5.90. The third kappa shape index (κ3) is 3.01. The highest BCUT2D eigenvalue weighted by Crippen LogP contribution is 2.17. The molecule has 0 radical (unpaired) electrons. The summed E-state index contributed by atoms with van der Waals surface area (Å²) in [5.41, 5.74) is 7.44. The van der Waals surface area contributed by atoms with E-state index in [4.69, 9.17) is 10.9 Å². The number of anilines is 1. The summed E-state index contributed by atoms with van der Waals surface area (Å²) in [5, 5.41) is 11.8. The summed E-state index contributed by atoms with van der Waals surface area (Å²) in [7, 11) is 1.92. The topological polar surface area (TPSA) is 74.7 Å². The van der Waals surface area contributed by atoms with Crippen molar-refractivity contribution in [2.24, 2.45) is 10.9 Å². The van der Waals surface area contributed by atoms with Crippen LogP contribution in [0.25, 0.3) is 0 Å². The Morgan fingerprint density at radius 2 is 2.00 bits per heavy atom. The predicted molar refractivity (Wildman–Crippen MR) is 75.3 cm³/mol. The van der Waals surface area contributed by atoms with Crippen molar-refractivity contribution in [1.82, 2.24) is 4.98 Å². The molecule has 0 aliphatic heterocycles. The molecule has 0 bridgehead atoms. The number of hydrogen-bond acceptors (Lipinski definition) is 4. The first-order chi connectivity index (χ1) is 9.22. The van der Waals surface area contributed by atoms with Crippen LogP contribution in [0.1, 0.15) is 11.1 Å². The lowest BCUT2D eigenvalue weighted by atomic mass is 10.2. The molecule has 2 rings (SSSR count). The SMILES string of the molecule is CN(Cc1ccccc1)c1ncccc1/C(N)=N/O. The summed E-state index contributed by atoms with van der Waals surface area (Å²) in [6.07, 6.45) is 1.69. The van der Waals surface area contributed by atoms with Crippen LogP contribution in [0.3, 0.4) is 0 Å². The van der Waals surface area contributed by atoms with Crippen molar-refractivity contribution in [2.75, 3.05) is 11.9 Å². The van der Waals surface area contributed by atoms with Crippen LogP contribution in [-0.2, 0) is 6.54 Å². The van der Waals surface area contributed by atoms with Gasteiger partial charge in [-0.05, 0) is 17.7 Å². The van der Waals surface area contributed by atoms with E-state index in [0.29, 0.717) is 17.9 Å². The normalized spacial score (nSPS) is 11.3. The van der Waals surface area contributed by atoms with Crippen molar-refractivity contribution in [3.8, 4) is 0 Å². The van der Waals surface area contributed by atoms with Gasteiger partial charge in [0.25, 0.3) is 0 Å². The Balaban J connectivity index is 2.27. The van der Waals surface area contributed by atoms with Crippen LogP contribution in [0.4, 0.5) is 5.82 Å². The Bertz CT molecular complexity index is 569. The molecule has 1 heterocycles. The second-order valence-corrected chi connectivity index (χ2v) is 4.20. The van der Waals surface area contributed by atoms with Gasteiger partial charge in [-0.25, -0.2) is 4.98 Å². The van der Waals surface area contributed by atoms with Crippen LogP contribution in [0, 0.1) is 0 Å². The van der Waals surface area contributed by atoms with Gasteiger partial charge < -0.3 is 15.8 Å². The summed E-state index contributed by atoms with van der Waals surface area (Å²) in [6.45, 7) is 0.698. The zero-order chi connectivity index (χ0) is 13.7. The highest BCUT2D eigenvalue weighted by atomic mass is 16.4. The number of nitrogens with two attached hydrogens (primary N) is 1. The lowest BCUT2D eigenvalue weighted by Gasteiger charge is -2.20. The van der Waals surface area contributed by atoms with Crippen molar-refractivity contribution in [3.05, 3.63) is 59.8 Å². The number of aromatic nitrogens is 1. The molecule has 1 aromatic heterocycles. The number of nitrogens with zero attached hydrogens (tertiary/aromatic N) is 3. The molecule has 5 nitrogen and oxygen atoms in total.